The number of carbonyl (C=O) groups excluding carboxylic acids is 3. The highest BCUT2D eigenvalue weighted by molar-refractivity contribution is 7.20. The quantitative estimate of drug-likeness (QED) is 0.403. The van der Waals surface area contributed by atoms with Crippen LogP contribution in [0, 0.1) is 0 Å². The summed E-state index contributed by atoms with van der Waals surface area (Å²) in [5.74, 6) is -2.09. The Morgan fingerprint density at radius 1 is 0.970 bits per heavy atom. The Bertz CT molecular complexity index is 1180. The molecule has 5 N–H and O–H groups in total. The Labute approximate surface area is 188 Å². The molecule has 0 saturated carbocycles. The summed E-state index contributed by atoms with van der Waals surface area (Å²) in [6, 6.07) is 10.9. The van der Waals surface area contributed by atoms with Crippen molar-refractivity contribution in [2.24, 2.45) is 5.73 Å². The second kappa shape index (κ2) is 9.56. The van der Waals surface area contributed by atoms with Crippen LogP contribution in [0.25, 0.3) is 0 Å². The van der Waals surface area contributed by atoms with Gasteiger partial charge in [-0.05, 0) is 48.5 Å². The highest BCUT2D eigenvalue weighted by Crippen LogP contribution is 2.32. The SMILES string of the molecule is CC(=O)Nc1ccc(C(=O)Nc2sc(Nc3ccc(OC(F)(F)F)cc3)nc2C(N)=O)cc1. The predicted molar refractivity (Wildman–Crippen MR) is 116 cm³/mol. The van der Waals surface area contributed by atoms with Crippen molar-refractivity contribution < 1.29 is 32.3 Å². The topological polar surface area (TPSA) is 135 Å². The lowest BCUT2D eigenvalue weighted by Gasteiger charge is -2.09. The lowest BCUT2D eigenvalue weighted by molar-refractivity contribution is -0.274. The fraction of sp³-hybridized carbons (Fsp3) is 0.100. The number of nitrogens with two attached hydrogens (primary N) is 1. The van der Waals surface area contributed by atoms with Crippen LogP contribution >= 0.6 is 11.3 Å². The molecule has 3 rings (SSSR count). The van der Waals surface area contributed by atoms with Gasteiger partial charge in [0.2, 0.25) is 5.91 Å². The molecule has 0 unspecified atom stereocenters. The maximum atomic E-state index is 12.5. The Hall–Kier alpha value is -4.13. The fourth-order valence-corrected chi connectivity index (χ4v) is 3.46. The van der Waals surface area contributed by atoms with Gasteiger partial charge in [-0.2, -0.15) is 0 Å². The summed E-state index contributed by atoms with van der Waals surface area (Å²) in [6.07, 6.45) is -4.81. The van der Waals surface area contributed by atoms with Gasteiger partial charge in [0.1, 0.15) is 10.8 Å². The number of nitrogens with zero attached hydrogens (tertiary/aromatic N) is 1. The van der Waals surface area contributed by atoms with Crippen LogP contribution in [0.4, 0.5) is 34.7 Å². The van der Waals surface area contributed by atoms with Crippen LogP contribution in [0.1, 0.15) is 27.8 Å². The molecule has 1 heterocycles. The lowest BCUT2D eigenvalue weighted by Crippen LogP contribution is -2.17. The second-order valence-electron chi connectivity index (χ2n) is 6.47. The first kappa shape index (κ1) is 23.5. The van der Waals surface area contributed by atoms with Crippen molar-refractivity contribution >= 4 is 50.6 Å². The molecule has 0 radical (unpaired) electrons. The molecule has 0 aliphatic carbocycles. The van der Waals surface area contributed by atoms with Crippen LogP contribution in [0.15, 0.2) is 48.5 Å². The number of carbonyl (C=O) groups is 3. The number of alkyl halides is 3. The second-order valence-corrected chi connectivity index (χ2v) is 7.47. The molecule has 9 nitrogen and oxygen atoms in total. The zero-order chi connectivity index (χ0) is 24.2. The van der Waals surface area contributed by atoms with Crippen molar-refractivity contribution in [2.45, 2.75) is 13.3 Å². The van der Waals surface area contributed by atoms with Gasteiger partial charge in [0, 0.05) is 23.9 Å². The number of thiazole rings is 1. The average molecular weight is 479 g/mol. The smallest absolute Gasteiger partial charge is 0.406 e. The summed E-state index contributed by atoms with van der Waals surface area (Å²) in [7, 11) is 0. The van der Waals surface area contributed by atoms with E-state index in [0.29, 0.717) is 11.4 Å². The first-order valence-corrected chi connectivity index (χ1v) is 9.94. The highest BCUT2D eigenvalue weighted by Gasteiger charge is 2.31. The van der Waals surface area contributed by atoms with Crippen molar-refractivity contribution in [1.82, 2.24) is 4.98 Å². The monoisotopic (exact) mass is 479 g/mol. The molecule has 2 aromatic carbocycles. The van der Waals surface area contributed by atoms with Crippen LogP contribution in [0.5, 0.6) is 5.75 Å². The van der Waals surface area contributed by atoms with Gasteiger partial charge < -0.3 is 26.4 Å². The molecule has 172 valence electrons. The summed E-state index contributed by atoms with van der Waals surface area (Å²) >= 11 is 0.908. The van der Waals surface area contributed by atoms with E-state index in [1.54, 1.807) is 0 Å². The van der Waals surface area contributed by atoms with E-state index < -0.39 is 23.9 Å². The van der Waals surface area contributed by atoms with E-state index in [4.69, 9.17) is 5.73 Å². The molecule has 1 aromatic heterocycles. The van der Waals surface area contributed by atoms with Gasteiger partial charge in [-0.3, -0.25) is 14.4 Å². The third-order valence-electron chi connectivity index (χ3n) is 3.89. The molecule has 0 aliphatic rings. The van der Waals surface area contributed by atoms with E-state index in [9.17, 15) is 27.6 Å². The Balaban J connectivity index is 1.73. The van der Waals surface area contributed by atoms with Crippen LogP contribution in [0.3, 0.4) is 0 Å². The average Bonchev–Trinajstić information content (AvgIpc) is 3.11. The molecule has 0 spiro atoms. The number of aromatic nitrogens is 1. The zero-order valence-electron chi connectivity index (χ0n) is 16.8. The molecular formula is C20H16F3N5O4S. The van der Waals surface area contributed by atoms with E-state index in [2.05, 4.69) is 25.7 Å². The molecule has 0 bridgehead atoms. The third-order valence-corrected chi connectivity index (χ3v) is 4.78. The Kier molecular flexibility index (Phi) is 6.82. The van der Waals surface area contributed by atoms with E-state index in [1.165, 1.54) is 43.3 Å². The molecule has 0 fully saturated rings. The predicted octanol–water partition coefficient (Wildman–Crippen LogP) is 4.09. The van der Waals surface area contributed by atoms with Gasteiger partial charge in [0.25, 0.3) is 11.8 Å². The van der Waals surface area contributed by atoms with Crippen molar-refractivity contribution in [1.29, 1.82) is 0 Å². The van der Waals surface area contributed by atoms with E-state index in [0.717, 1.165) is 23.5 Å². The Morgan fingerprint density at radius 3 is 2.12 bits per heavy atom. The first-order valence-electron chi connectivity index (χ1n) is 9.12. The number of benzene rings is 2. The minimum absolute atomic E-state index is 0.0814. The van der Waals surface area contributed by atoms with Crippen LogP contribution < -0.4 is 26.4 Å². The van der Waals surface area contributed by atoms with Crippen molar-refractivity contribution in [3.05, 3.63) is 59.8 Å². The summed E-state index contributed by atoms with van der Waals surface area (Å²) in [6.45, 7) is 1.35. The van der Waals surface area contributed by atoms with Gasteiger partial charge in [-0.15, -0.1) is 13.2 Å². The minimum Gasteiger partial charge on any atom is -0.406 e. The highest BCUT2D eigenvalue weighted by atomic mass is 32.1. The first-order chi connectivity index (χ1) is 15.5. The molecule has 13 heteroatoms. The van der Waals surface area contributed by atoms with Gasteiger partial charge in [-0.1, -0.05) is 11.3 Å². The molecule has 33 heavy (non-hydrogen) atoms. The number of hydrogen-bond acceptors (Lipinski definition) is 7. The molecule has 3 aromatic rings. The van der Waals surface area contributed by atoms with Gasteiger partial charge in [0.15, 0.2) is 10.8 Å². The van der Waals surface area contributed by atoms with Gasteiger partial charge >= 0.3 is 6.36 Å². The summed E-state index contributed by atoms with van der Waals surface area (Å²) < 4.78 is 40.6. The summed E-state index contributed by atoms with van der Waals surface area (Å²) in [5.41, 5.74) is 6.27. The van der Waals surface area contributed by atoms with E-state index in [1.807, 2.05) is 0 Å². The Morgan fingerprint density at radius 2 is 1.58 bits per heavy atom. The van der Waals surface area contributed by atoms with Gasteiger partial charge in [0.05, 0.1) is 0 Å². The van der Waals surface area contributed by atoms with Crippen molar-refractivity contribution in [3.63, 3.8) is 0 Å². The largest absolute Gasteiger partial charge is 0.573 e. The molecule has 0 aliphatic heterocycles. The molecule has 3 amide bonds. The molecular weight excluding hydrogens is 463 g/mol. The maximum absolute atomic E-state index is 12.5. The number of anilines is 4. The minimum atomic E-state index is -4.81. The molecule has 0 saturated heterocycles. The number of ether oxygens (including phenoxy) is 1. The normalized spacial score (nSPS) is 10.9. The number of nitrogens with one attached hydrogen (secondary N) is 3. The van der Waals surface area contributed by atoms with Crippen molar-refractivity contribution in [3.8, 4) is 5.75 Å². The zero-order valence-corrected chi connectivity index (χ0v) is 17.6. The van der Waals surface area contributed by atoms with Crippen molar-refractivity contribution in [2.75, 3.05) is 16.0 Å². The number of amides is 3. The third kappa shape index (κ3) is 6.67. The standard InChI is InChI=1S/C20H16F3N5O4S/c1-10(29)25-12-4-2-11(3-5-12)17(31)28-18-15(16(24)30)27-19(33-18)26-13-6-8-14(9-7-13)32-20(21,22)23/h2-9H,1H3,(H2,24,30)(H,25,29)(H,26,27)(H,28,31). The van der Waals surface area contributed by atoms with E-state index >= 15 is 0 Å². The van der Waals surface area contributed by atoms with Crippen LogP contribution in [-0.4, -0.2) is 29.1 Å². The number of primary amides is 1. The fourth-order valence-electron chi connectivity index (χ4n) is 2.57. The lowest BCUT2D eigenvalue weighted by atomic mass is 10.2. The van der Waals surface area contributed by atoms with Gasteiger partial charge in [-0.25, -0.2) is 4.98 Å². The maximum Gasteiger partial charge on any atom is 0.573 e. The number of rotatable bonds is 7. The van der Waals surface area contributed by atoms with Crippen LogP contribution in [0.2, 0.25) is 0 Å². The number of hydrogen-bond donors (Lipinski definition) is 4. The summed E-state index contributed by atoms with van der Waals surface area (Å²) in [4.78, 5) is 39.4. The summed E-state index contributed by atoms with van der Waals surface area (Å²) in [5, 5.41) is 8.20. The number of halogens is 3. The van der Waals surface area contributed by atoms with Crippen LogP contribution in [-0.2, 0) is 4.79 Å². The molecule has 0 atom stereocenters. The van der Waals surface area contributed by atoms with E-state index in [-0.39, 0.29) is 27.3 Å².